The summed E-state index contributed by atoms with van der Waals surface area (Å²) in [5.41, 5.74) is 9.08. The minimum Gasteiger partial charge on any atom is -0.478 e. The summed E-state index contributed by atoms with van der Waals surface area (Å²) < 4.78 is 2.32. The average Bonchev–Trinajstić information content (AvgIpc) is 3.43. The molecule has 1 aliphatic carbocycles. The molecule has 10 heteroatoms. The van der Waals surface area contributed by atoms with E-state index >= 15 is 0 Å². The minimum atomic E-state index is -1.10. The normalized spacial score (nSPS) is 17.3. The summed E-state index contributed by atoms with van der Waals surface area (Å²) in [5, 5.41) is 16.8. The summed E-state index contributed by atoms with van der Waals surface area (Å²) in [4.78, 5) is 57.9. The number of carboxylic acid groups (broad SMARTS) is 1. The van der Waals surface area contributed by atoms with E-state index in [-0.39, 0.29) is 47.7 Å². The van der Waals surface area contributed by atoms with Crippen molar-refractivity contribution in [2.75, 3.05) is 38.6 Å². The summed E-state index contributed by atoms with van der Waals surface area (Å²) in [5.74, 6) is -2.30. The van der Waals surface area contributed by atoms with Gasteiger partial charge in [0.05, 0.1) is 11.3 Å². The van der Waals surface area contributed by atoms with Crippen LogP contribution < -0.4 is 25.4 Å². The quantitative estimate of drug-likeness (QED) is 0.253. The smallest absolute Gasteiger partial charge is 0.336 e. The van der Waals surface area contributed by atoms with Gasteiger partial charge in [0.15, 0.2) is 0 Å². The zero-order chi connectivity index (χ0) is 36.9. The number of hydrogen-bond acceptors (Lipinski definition) is 6. The molecule has 7 rings (SSSR count). The van der Waals surface area contributed by atoms with E-state index in [0.29, 0.717) is 30.5 Å². The first-order valence-corrected chi connectivity index (χ1v) is 18.4. The number of amides is 2. The summed E-state index contributed by atoms with van der Waals surface area (Å²) >= 11 is 0. The molecule has 0 saturated carbocycles. The lowest BCUT2D eigenvalue weighted by atomic mass is 9.67. The number of fused-ring (bicyclic) bond motifs is 4. The molecule has 0 unspecified atom stereocenters. The van der Waals surface area contributed by atoms with E-state index < -0.39 is 11.9 Å². The number of nitrogens with one attached hydrogen (secondary N) is 1. The molecule has 3 heterocycles. The van der Waals surface area contributed by atoms with Crippen LogP contribution in [0.15, 0.2) is 54.7 Å². The van der Waals surface area contributed by atoms with E-state index in [1.54, 1.807) is 12.1 Å². The number of aromatic carboxylic acids is 1. The molecule has 0 aromatic heterocycles. The average molecular weight is 704 g/mol. The van der Waals surface area contributed by atoms with Crippen LogP contribution in [0.2, 0.25) is 0 Å². The minimum absolute atomic E-state index is 0.0738. The SMILES string of the molecule is C=C1CCC(=O)N1OC(=O)CCCCNC(=O)c1ccc(C2=c3cc4c(cc3C(C)(C)c3cc5c(cc32)CCCN5C)=[N+](C)CCC4)c(C(=O)O)c1. The van der Waals surface area contributed by atoms with Crippen LogP contribution in [-0.2, 0) is 32.7 Å². The Labute approximate surface area is 304 Å². The highest BCUT2D eigenvalue weighted by Gasteiger charge is 2.37. The van der Waals surface area contributed by atoms with Gasteiger partial charge in [0.25, 0.3) is 11.8 Å². The van der Waals surface area contributed by atoms with Crippen LogP contribution in [0.1, 0.15) is 113 Å². The Morgan fingerprint density at radius 3 is 2.50 bits per heavy atom. The molecule has 52 heavy (non-hydrogen) atoms. The molecule has 4 aliphatic rings. The summed E-state index contributed by atoms with van der Waals surface area (Å²) in [6.07, 6.45) is 5.81. The van der Waals surface area contributed by atoms with Crippen LogP contribution in [0.5, 0.6) is 0 Å². The van der Waals surface area contributed by atoms with Crippen molar-refractivity contribution in [1.82, 2.24) is 15.0 Å². The number of hydroxylamine groups is 2. The van der Waals surface area contributed by atoms with E-state index in [9.17, 15) is 24.3 Å². The van der Waals surface area contributed by atoms with Crippen molar-refractivity contribution < 1.29 is 29.1 Å². The third-order valence-corrected chi connectivity index (χ3v) is 11.2. The molecule has 1 saturated heterocycles. The maximum absolute atomic E-state index is 13.3. The monoisotopic (exact) mass is 703 g/mol. The highest BCUT2D eigenvalue weighted by atomic mass is 16.7. The fourth-order valence-corrected chi connectivity index (χ4v) is 8.33. The van der Waals surface area contributed by atoms with E-state index in [1.807, 2.05) is 0 Å². The number of benzene rings is 3. The lowest BCUT2D eigenvalue weighted by Gasteiger charge is -2.38. The van der Waals surface area contributed by atoms with Gasteiger partial charge in [0.1, 0.15) is 13.6 Å². The molecule has 3 aromatic carbocycles. The standard InChI is InChI=1S/C42H46N4O6/c1-25-13-16-37(47)46(25)52-38(48)12-6-7-17-43-40(49)28-14-15-29(30(22-28)41(50)51)39-31-20-26-10-8-18-44(4)35(26)23-33(31)42(2,3)34-24-36-27(21-32(34)39)11-9-19-45(36)5/h14-15,20-24H,1,6-13,16-19H2,2-5H3,(H-,43,49,50,51)/p+1. The van der Waals surface area contributed by atoms with Crippen LogP contribution in [0, 0.1) is 0 Å². The summed E-state index contributed by atoms with van der Waals surface area (Å²) in [6, 6.07) is 14.2. The number of hydrogen-bond donors (Lipinski definition) is 2. The number of anilines is 1. The molecule has 10 nitrogen and oxygen atoms in total. The zero-order valence-corrected chi connectivity index (χ0v) is 30.6. The first-order valence-electron chi connectivity index (χ1n) is 18.4. The number of allylic oxidation sites excluding steroid dienone is 1. The van der Waals surface area contributed by atoms with Gasteiger partial charge in [-0.15, -0.1) is 5.06 Å². The Hall–Kier alpha value is -5.25. The van der Waals surface area contributed by atoms with Crippen molar-refractivity contribution in [3.8, 4) is 0 Å². The van der Waals surface area contributed by atoms with Crippen LogP contribution in [-0.4, -0.2) is 67.7 Å². The lowest BCUT2D eigenvalue weighted by molar-refractivity contribution is -0.186. The molecule has 0 atom stereocenters. The highest BCUT2D eigenvalue weighted by Crippen LogP contribution is 2.44. The summed E-state index contributed by atoms with van der Waals surface area (Å²) in [6.45, 7) is 10.6. The van der Waals surface area contributed by atoms with E-state index in [0.717, 1.165) is 60.2 Å². The third kappa shape index (κ3) is 6.28. The van der Waals surface area contributed by atoms with Crippen molar-refractivity contribution >= 4 is 35.0 Å². The number of carboxylic acids is 1. The van der Waals surface area contributed by atoms with Gasteiger partial charge in [-0.05, 0) is 107 Å². The number of rotatable bonds is 9. The summed E-state index contributed by atoms with van der Waals surface area (Å²) in [7, 11) is 4.28. The second-order valence-corrected chi connectivity index (χ2v) is 15.1. The Morgan fingerprint density at radius 2 is 1.75 bits per heavy atom. The van der Waals surface area contributed by atoms with Gasteiger partial charge in [0, 0.05) is 67.7 Å². The van der Waals surface area contributed by atoms with Crippen LogP contribution in [0.3, 0.4) is 0 Å². The second kappa shape index (κ2) is 13.7. The molecule has 0 spiro atoms. The first kappa shape index (κ1) is 35.2. The lowest BCUT2D eigenvalue weighted by Crippen LogP contribution is -2.42. The number of nitrogens with zero attached hydrogens (tertiary/aromatic N) is 3. The fourth-order valence-electron chi connectivity index (χ4n) is 8.33. The highest BCUT2D eigenvalue weighted by molar-refractivity contribution is 6.02. The van der Waals surface area contributed by atoms with Crippen molar-refractivity contribution in [3.63, 3.8) is 0 Å². The van der Waals surface area contributed by atoms with Gasteiger partial charge >= 0.3 is 11.9 Å². The molecule has 2 N–H and O–H groups in total. The van der Waals surface area contributed by atoms with Gasteiger partial charge in [-0.1, -0.05) is 26.5 Å². The fraction of sp³-hybridized carbons (Fsp3) is 0.405. The van der Waals surface area contributed by atoms with Gasteiger partial charge in [-0.2, -0.15) is 0 Å². The Balaban J connectivity index is 1.21. The van der Waals surface area contributed by atoms with Crippen molar-refractivity contribution in [2.45, 2.75) is 77.0 Å². The number of aryl methyl sites for hydroxylation is 2. The predicted molar refractivity (Wildman–Crippen MR) is 199 cm³/mol. The van der Waals surface area contributed by atoms with E-state index in [4.69, 9.17) is 4.84 Å². The third-order valence-electron chi connectivity index (χ3n) is 11.2. The number of carbonyl (C=O) groups is 4. The van der Waals surface area contributed by atoms with Gasteiger partial charge in [-0.3, -0.25) is 9.59 Å². The Morgan fingerprint density at radius 1 is 0.962 bits per heavy atom. The number of carbonyl (C=O) groups excluding carboxylic acids is 3. The first-order chi connectivity index (χ1) is 24.8. The Bertz CT molecular complexity index is 2170. The van der Waals surface area contributed by atoms with Crippen molar-refractivity contribution in [1.29, 1.82) is 0 Å². The molecule has 0 radical (unpaired) electrons. The predicted octanol–water partition coefficient (Wildman–Crippen LogP) is 4.22. The molecular formula is C42H47N4O6+. The van der Waals surface area contributed by atoms with Crippen molar-refractivity contribution in [3.05, 3.63) is 110 Å². The van der Waals surface area contributed by atoms with Gasteiger partial charge in [0.2, 0.25) is 5.36 Å². The van der Waals surface area contributed by atoms with Crippen LogP contribution in [0.25, 0.3) is 5.57 Å². The molecule has 3 aliphatic heterocycles. The van der Waals surface area contributed by atoms with Crippen LogP contribution >= 0.6 is 0 Å². The molecule has 2 amide bonds. The molecule has 270 valence electrons. The zero-order valence-electron chi connectivity index (χ0n) is 30.6. The number of unbranched alkanes of at least 4 members (excludes halogenated alkanes) is 1. The maximum Gasteiger partial charge on any atom is 0.336 e. The molecule has 0 bridgehead atoms. The topological polar surface area (TPSA) is 119 Å². The van der Waals surface area contributed by atoms with Gasteiger partial charge < -0.3 is 20.2 Å². The second-order valence-electron chi connectivity index (χ2n) is 15.1. The largest absolute Gasteiger partial charge is 0.478 e. The maximum atomic E-state index is 13.3. The Kier molecular flexibility index (Phi) is 9.27. The molecule has 1 fully saturated rings. The van der Waals surface area contributed by atoms with Crippen LogP contribution in [0.4, 0.5) is 5.69 Å². The molecule has 3 aromatic rings. The van der Waals surface area contributed by atoms with E-state index in [2.05, 4.69) is 73.6 Å². The van der Waals surface area contributed by atoms with E-state index in [1.165, 1.54) is 39.4 Å². The molecular weight excluding hydrogens is 656 g/mol. The van der Waals surface area contributed by atoms with Gasteiger partial charge in [-0.25, -0.2) is 14.2 Å². The van der Waals surface area contributed by atoms with Crippen molar-refractivity contribution in [2.24, 2.45) is 0 Å².